The van der Waals surface area contributed by atoms with Crippen LogP contribution in [0.3, 0.4) is 0 Å². The van der Waals surface area contributed by atoms with Gasteiger partial charge in [0.25, 0.3) is 5.91 Å². The lowest BCUT2D eigenvalue weighted by Gasteiger charge is -2.29. The molecule has 0 bridgehead atoms. The number of carbonyl (C=O) groups is 1. The molecule has 0 atom stereocenters. The predicted molar refractivity (Wildman–Crippen MR) is 117 cm³/mol. The van der Waals surface area contributed by atoms with Crippen molar-refractivity contribution in [2.45, 2.75) is 30.6 Å². The highest BCUT2D eigenvalue weighted by Gasteiger charge is 2.29. The molecule has 3 aromatic rings. The Morgan fingerprint density at radius 3 is 2.29 bits per heavy atom. The first kappa shape index (κ1) is 21.1. The van der Waals surface area contributed by atoms with Crippen LogP contribution in [0.2, 0.25) is 0 Å². The van der Waals surface area contributed by atoms with E-state index in [-0.39, 0.29) is 0 Å². The van der Waals surface area contributed by atoms with Crippen LogP contribution in [-0.2, 0) is 29.3 Å². The zero-order valence-corrected chi connectivity index (χ0v) is 17.9. The van der Waals surface area contributed by atoms with Gasteiger partial charge in [0.05, 0.1) is 16.2 Å². The number of rotatable bonds is 8. The fourth-order valence-corrected chi connectivity index (χ4v) is 5.00. The second-order valence-corrected chi connectivity index (χ2v) is 9.51. The number of primary amides is 1. The van der Waals surface area contributed by atoms with Crippen LogP contribution in [0.15, 0.2) is 65.7 Å². The molecule has 4 rings (SSSR count). The Bertz CT molecular complexity index is 1180. The van der Waals surface area contributed by atoms with E-state index in [2.05, 4.69) is 9.97 Å². The number of nitrogens with zero attached hydrogens (tertiary/aromatic N) is 3. The third-order valence-electron chi connectivity index (χ3n) is 5.41. The van der Waals surface area contributed by atoms with Gasteiger partial charge in [-0.25, -0.2) is 18.4 Å². The van der Waals surface area contributed by atoms with Crippen molar-refractivity contribution in [1.29, 1.82) is 0 Å². The van der Waals surface area contributed by atoms with Gasteiger partial charge in [-0.1, -0.05) is 42.5 Å². The molecule has 2 N–H and O–H groups in total. The number of aromatic nitrogens is 2. The van der Waals surface area contributed by atoms with Crippen molar-refractivity contribution in [3.8, 4) is 0 Å². The van der Waals surface area contributed by atoms with Gasteiger partial charge in [-0.05, 0) is 42.5 Å². The fraction of sp³-hybridized carbons (Fsp3) is 0.261. The molecule has 1 saturated heterocycles. The zero-order chi connectivity index (χ0) is 21.8. The van der Waals surface area contributed by atoms with E-state index in [0.717, 1.165) is 24.0 Å². The largest absolute Gasteiger partial charge is 0.365 e. The van der Waals surface area contributed by atoms with Crippen LogP contribution >= 0.6 is 0 Å². The number of hydrogen-bond donors (Lipinski definition) is 1. The van der Waals surface area contributed by atoms with Gasteiger partial charge in [-0.3, -0.25) is 4.79 Å². The first-order valence-electron chi connectivity index (χ1n) is 10.2. The van der Waals surface area contributed by atoms with Gasteiger partial charge in [0.1, 0.15) is 5.82 Å². The molecule has 2 aromatic carbocycles. The van der Waals surface area contributed by atoms with Gasteiger partial charge in [-0.2, -0.15) is 4.31 Å². The molecule has 1 aliphatic rings. The summed E-state index contributed by atoms with van der Waals surface area (Å²) in [5, 5.41) is 0. The summed E-state index contributed by atoms with van der Waals surface area (Å²) in [6.07, 6.45) is 4.13. The first-order valence-corrected chi connectivity index (χ1v) is 11.6. The Morgan fingerprint density at radius 2 is 1.68 bits per heavy atom. The van der Waals surface area contributed by atoms with Crippen LogP contribution < -0.4 is 5.73 Å². The van der Waals surface area contributed by atoms with E-state index in [1.165, 1.54) is 10.5 Å². The maximum absolute atomic E-state index is 12.5. The monoisotopic (exact) mass is 436 g/mol. The van der Waals surface area contributed by atoms with Gasteiger partial charge >= 0.3 is 0 Å². The zero-order valence-electron chi connectivity index (χ0n) is 17.1. The second-order valence-electron chi connectivity index (χ2n) is 7.57. The highest BCUT2D eigenvalue weighted by molar-refractivity contribution is 7.89. The lowest BCUT2D eigenvalue weighted by atomic mass is 10.0. The first-order chi connectivity index (χ1) is 14.9. The number of benzene rings is 2. The highest BCUT2D eigenvalue weighted by atomic mass is 32.2. The summed E-state index contributed by atoms with van der Waals surface area (Å²) in [6.45, 7) is 1.16. The van der Waals surface area contributed by atoms with Crippen LogP contribution in [0.25, 0.3) is 0 Å². The smallest absolute Gasteiger partial charge is 0.252 e. The normalized spacial score (nSPS) is 14.2. The van der Waals surface area contributed by atoms with Crippen molar-refractivity contribution in [2.75, 3.05) is 13.1 Å². The van der Waals surface area contributed by atoms with E-state index in [0.29, 0.717) is 47.9 Å². The Morgan fingerprint density at radius 1 is 0.968 bits per heavy atom. The quantitative estimate of drug-likeness (QED) is 0.583. The molecule has 0 aliphatic carbocycles. The van der Waals surface area contributed by atoms with Crippen molar-refractivity contribution in [3.63, 3.8) is 0 Å². The second kappa shape index (κ2) is 8.95. The average molecular weight is 437 g/mol. The minimum Gasteiger partial charge on any atom is -0.365 e. The third-order valence-corrected chi connectivity index (χ3v) is 7.33. The molecule has 0 saturated carbocycles. The molecule has 1 aromatic heterocycles. The maximum atomic E-state index is 12.5. The molecule has 1 amide bonds. The van der Waals surface area contributed by atoms with Crippen LogP contribution in [-0.4, -0.2) is 41.7 Å². The van der Waals surface area contributed by atoms with Crippen molar-refractivity contribution < 1.29 is 13.2 Å². The lowest BCUT2D eigenvalue weighted by Crippen LogP contribution is -2.41. The number of amides is 1. The van der Waals surface area contributed by atoms with Gasteiger partial charge in [-0.15, -0.1) is 0 Å². The van der Waals surface area contributed by atoms with Crippen LogP contribution in [0.1, 0.15) is 39.4 Å². The summed E-state index contributed by atoms with van der Waals surface area (Å²) in [4.78, 5) is 21.0. The Labute approximate surface area is 182 Å². The molecule has 1 aliphatic heterocycles. The van der Waals surface area contributed by atoms with Crippen molar-refractivity contribution in [1.82, 2.24) is 14.3 Å². The Balaban J connectivity index is 1.51. The van der Waals surface area contributed by atoms with E-state index in [1.807, 2.05) is 30.3 Å². The van der Waals surface area contributed by atoms with Crippen molar-refractivity contribution >= 4 is 15.9 Å². The molecule has 0 unspecified atom stereocenters. The summed E-state index contributed by atoms with van der Waals surface area (Å²) < 4.78 is 26.4. The lowest BCUT2D eigenvalue weighted by molar-refractivity contribution is 0.0998. The van der Waals surface area contributed by atoms with Crippen LogP contribution in [0, 0.1) is 0 Å². The standard InChI is InChI=1S/C23H24N4O3S/c24-23(28)20-16-25-22(26-21(20)12-9-17-5-2-1-3-6-17)15-18-7-10-19(11-8-18)31(29,30)27-13-4-14-27/h1-3,5-8,10-11,16H,4,9,12-15H2,(H2,24,28). The molecule has 160 valence electrons. The minimum atomic E-state index is -3.40. The predicted octanol–water partition coefficient (Wildman–Crippen LogP) is 2.35. The van der Waals surface area contributed by atoms with Crippen molar-refractivity contribution in [3.05, 3.63) is 89.0 Å². The maximum Gasteiger partial charge on any atom is 0.252 e. The summed E-state index contributed by atoms with van der Waals surface area (Å²) in [7, 11) is -3.40. The van der Waals surface area contributed by atoms with Gasteiger partial charge in [0.15, 0.2) is 0 Å². The fourth-order valence-electron chi connectivity index (χ4n) is 3.49. The summed E-state index contributed by atoms with van der Waals surface area (Å²) in [6, 6.07) is 16.8. The summed E-state index contributed by atoms with van der Waals surface area (Å²) in [5.41, 5.74) is 8.50. The molecule has 0 radical (unpaired) electrons. The minimum absolute atomic E-state index is 0.296. The number of hydrogen-bond acceptors (Lipinski definition) is 5. The summed E-state index contributed by atoms with van der Waals surface area (Å²) in [5.74, 6) is 0.0153. The molecule has 2 heterocycles. The van der Waals surface area contributed by atoms with Gasteiger partial charge in [0.2, 0.25) is 10.0 Å². The molecule has 31 heavy (non-hydrogen) atoms. The van der Waals surface area contributed by atoms with Gasteiger partial charge < -0.3 is 5.73 Å². The number of aryl methyl sites for hydroxylation is 2. The van der Waals surface area contributed by atoms with E-state index < -0.39 is 15.9 Å². The summed E-state index contributed by atoms with van der Waals surface area (Å²) >= 11 is 0. The molecule has 8 heteroatoms. The number of carbonyl (C=O) groups excluding carboxylic acids is 1. The van der Waals surface area contributed by atoms with E-state index >= 15 is 0 Å². The number of sulfonamides is 1. The topological polar surface area (TPSA) is 106 Å². The molecule has 0 spiro atoms. The van der Waals surface area contributed by atoms with E-state index in [1.54, 1.807) is 24.3 Å². The van der Waals surface area contributed by atoms with Crippen LogP contribution in [0.4, 0.5) is 0 Å². The SMILES string of the molecule is NC(=O)c1cnc(Cc2ccc(S(=O)(=O)N3CCC3)cc2)nc1CCc1ccccc1. The molecule has 1 fully saturated rings. The molecular formula is C23H24N4O3S. The number of nitrogens with two attached hydrogens (primary N) is 1. The average Bonchev–Trinajstić information content (AvgIpc) is 2.72. The van der Waals surface area contributed by atoms with E-state index in [9.17, 15) is 13.2 Å². The van der Waals surface area contributed by atoms with E-state index in [4.69, 9.17) is 5.73 Å². The molecule has 7 nitrogen and oxygen atoms in total. The Kier molecular flexibility index (Phi) is 6.11. The third kappa shape index (κ3) is 4.81. The molecular weight excluding hydrogens is 412 g/mol. The van der Waals surface area contributed by atoms with Crippen molar-refractivity contribution in [2.24, 2.45) is 5.73 Å². The Hall–Kier alpha value is -3.10. The van der Waals surface area contributed by atoms with Crippen LogP contribution in [0.5, 0.6) is 0 Å². The highest BCUT2D eigenvalue weighted by Crippen LogP contribution is 2.22. The van der Waals surface area contributed by atoms with Gasteiger partial charge in [0, 0.05) is 25.7 Å².